The molecular formula is C21H24N2O2S. The average Bonchev–Trinajstić information content (AvgIpc) is 3.07. The molecule has 1 aromatic heterocycles. The number of carbonyl (C=O) groups excluding carboxylic acids is 1. The van der Waals surface area contributed by atoms with Gasteiger partial charge in [-0.15, -0.1) is 0 Å². The molecule has 0 aliphatic heterocycles. The summed E-state index contributed by atoms with van der Waals surface area (Å²) in [5, 5.41) is 3.44. The van der Waals surface area contributed by atoms with E-state index in [1.807, 2.05) is 30.3 Å². The lowest BCUT2D eigenvalue weighted by Crippen LogP contribution is -2.19. The Bertz CT molecular complexity index is 887. The number of anilines is 1. The summed E-state index contributed by atoms with van der Waals surface area (Å²) in [5.41, 5.74) is 3.46. The molecule has 1 atom stereocenters. The van der Waals surface area contributed by atoms with Crippen molar-refractivity contribution in [1.82, 2.24) is 4.98 Å². The molecule has 4 nitrogen and oxygen atoms in total. The highest BCUT2D eigenvalue weighted by molar-refractivity contribution is 7.22. The van der Waals surface area contributed by atoms with Gasteiger partial charge in [0.05, 0.1) is 10.2 Å². The fraction of sp³-hybridized carbons (Fsp3) is 0.333. The number of aromatic nitrogens is 1. The zero-order valence-corrected chi connectivity index (χ0v) is 16.2. The second-order valence-electron chi connectivity index (χ2n) is 6.39. The SMILES string of the molecule is CCc1ccc(OCC(=O)Nc2nc3ccc(C(C)CC)cc3s2)cc1. The van der Waals surface area contributed by atoms with Gasteiger partial charge in [-0.2, -0.15) is 0 Å². The first-order chi connectivity index (χ1) is 12.6. The van der Waals surface area contributed by atoms with E-state index < -0.39 is 0 Å². The maximum absolute atomic E-state index is 12.1. The molecule has 0 aliphatic carbocycles. The van der Waals surface area contributed by atoms with Crippen LogP contribution >= 0.6 is 11.3 Å². The van der Waals surface area contributed by atoms with Gasteiger partial charge in [-0.3, -0.25) is 10.1 Å². The van der Waals surface area contributed by atoms with E-state index in [2.05, 4.69) is 43.2 Å². The van der Waals surface area contributed by atoms with Crippen LogP contribution in [0.5, 0.6) is 5.75 Å². The van der Waals surface area contributed by atoms with Gasteiger partial charge in [-0.05, 0) is 54.2 Å². The predicted molar refractivity (Wildman–Crippen MR) is 108 cm³/mol. The Kier molecular flexibility index (Phi) is 5.89. The fourth-order valence-corrected chi connectivity index (χ4v) is 3.59. The number of carbonyl (C=O) groups is 1. The number of hydrogen-bond donors (Lipinski definition) is 1. The van der Waals surface area contributed by atoms with Crippen molar-refractivity contribution in [2.75, 3.05) is 11.9 Å². The largest absolute Gasteiger partial charge is 0.484 e. The van der Waals surface area contributed by atoms with Crippen LogP contribution in [0.25, 0.3) is 10.2 Å². The number of nitrogens with zero attached hydrogens (tertiary/aromatic N) is 1. The molecule has 0 saturated carbocycles. The van der Waals surface area contributed by atoms with Crippen LogP contribution in [0.2, 0.25) is 0 Å². The number of nitrogens with one attached hydrogen (secondary N) is 1. The van der Waals surface area contributed by atoms with E-state index in [9.17, 15) is 4.79 Å². The molecule has 1 unspecified atom stereocenters. The van der Waals surface area contributed by atoms with Crippen LogP contribution in [0.1, 0.15) is 44.2 Å². The second kappa shape index (κ2) is 8.32. The van der Waals surface area contributed by atoms with Gasteiger partial charge in [0.15, 0.2) is 11.7 Å². The van der Waals surface area contributed by atoms with Gasteiger partial charge >= 0.3 is 0 Å². The Morgan fingerprint density at radius 2 is 1.96 bits per heavy atom. The van der Waals surface area contributed by atoms with Crippen LogP contribution in [0, 0.1) is 0 Å². The third kappa shape index (κ3) is 4.41. The van der Waals surface area contributed by atoms with E-state index in [4.69, 9.17) is 4.74 Å². The van der Waals surface area contributed by atoms with Crippen LogP contribution in [0.15, 0.2) is 42.5 Å². The van der Waals surface area contributed by atoms with Gasteiger partial charge in [0, 0.05) is 0 Å². The first-order valence-corrected chi connectivity index (χ1v) is 9.82. The van der Waals surface area contributed by atoms with Crippen LogP contribution in [-0.2, 0) is 11.2 Å². The Hall–Kier alpha value is -2.40. The molecule has 1 amide bonds. The summed E-state index contributed by atoms with van der Waals surface area (Å²) in [4.78, 5) is 16.6. The van der Waals surface area contributed by atoms with Gasteiger partial charge in [0.25, 0.3) is 5.91 Å². The Morgan fingerprint density at radius 3 is 2.65 bits per heavy atom. The zero-order valence-electron chi connectivity index (χ0n) is 15.4. The van der Waals surface area contributed by atoms with Crippen LogP contribution in [0.4, 0.5) is 5.13 Å². The number of aryl methyl sites for hydroxylation is 1. The number of thiazole rings is 1. The molecule has 0 fully saturated rings. The van der Waals surface area contributed by atoms with Crippen LogP contribution in [-0.4, -0.2) is 17.5 Å². The molecule has 3 aromatic rings. The number of benzene rings is 2. The molecule has 5 heteroatoms. The van der Waals surface area contributed by atoms with E-state index in [1.165, 1.54) is 22.5 Å². The van der Waals surface area contributed by atoms with E-state index >= 15 is 0 Å². The quantitative estimate of drug-likeness (QED) is 0.608. The first kappa shape index (κ1) is 18.4. The van der Waals surface area contributed by atoms with Gasteiger partial charge in [-0.1, -0.05) is 50.3 Å². The summed E-state index contributed by atoms with van der Waals surface area (Å²) in [7, 11) is 0. The molecule has 0 saturated heterocycles. The molecular weight excluding hydrogens is 344 g/mol. The highest BCUT2D eigenvalue weighted by Gasteiger charge is 2.11. The monoisotopic (exact) mass is 368 g/mol. The molecule has 136 valence electrons. The third-order valence-electron chi connectivity index (χ3n) is 4.54. The third-order valence-corrected chi connectivity index (χ3v) is 5.48. The van der Waals surface area contributed by atoms with E-state index in [0.29, 0.717) is 16.8 Å². The molecule has 2 aromatic carbocycles. The van der Waals surface area contributed by atoms with Crippen molar-refractivity contribution in [2.24, 2.45) is 0 Å². The minimum absolute atomic E-state index is 0.0283. The summed E-state index contributed by atoms with van der Waals surface area (Å²) in [6.07, 6.45) is 2.08. The van der Waals surface area contributed by atoms with Crippen molar-refractivity contribution in [3.8, 4) is 5.75 Å². The normalized spacial score (nSPS) is 12.1. The van der Waals surface area contributed by atoms with Crippen molar-refractivity contribution in [3.63, 3.8) is 0 Å². The standard InChI is InChI=1S/C21H24N2O2S/c1-4-14(3)16-8-11-18-19(12-16)26-21(22-18)23-20(24)13-25-17-9-6-15(5-2)7-10-17/h6-12,14H,4-5,13H2,1-3H3,(H,22,23,24). The zero-order chi connectivity index (χ0) is 18.5. The summed E-state index contributed by atoms with van der Waals surface area (Å²) < 4.78 is 6.64. The first-order valence-electron chi connectivity index (χ1n) is 9.01. The van der Waals surface area contributed by atoms with Crippen LogP contribution < -0.4 is 10.1 Å². The molecule has 1 N–H and O–H groups in total. The molecule has 0 bridgehead atoms. The predicted octanol–water partition coefficient (Wildman–Crippen LogP) is 5.39. The lowest BCUT2D eigenvalue weighted by atomic mass is 9.99. The number of fused-ring (bicyclic) bond motifs is 1. The Labute approximate surface area is 158 Å². The smallest absolute Gasteiger partial charge is 0.264 e. The Balaban J connectivity index is 1.61. The van der Waals surface area contributed by atoms with Crippen molar-refractivity contribution in [2.45, 2.75) is 39.5 Å². The maximum Gasteiger partial charge on any atom is 0.264 e. The molecule has 3 rings (SSSR count). The second-order valence-corrected chi connectivity index (χ2v) is 7.42. The number of hydrogen-bond acceptors (Lipinski definition) is 4. The van der Waals surface area contributed by atoms with Gasteiger partial charge in [-0.25, -0.2) is 4.98 Å². The lowest BCUT2D eigenvalue weighted by Gasteiger charge is -2.07. The summed E-state index contributed by atoms with van der Waals surface area (Å²) in [6.45, 7) is 6.48. The van der Waals surface area contributed by atoms with Gasteiger partial charge < -0.3 is 4.74 Å². The minimum atomic E-state index is -0.203. The Morgan fingerprint density at radius 1 is 1.19 bits per heavy atom. The number of ether oxygens (including phenoxy) is 1. The molecule has 0 radical (unpaired) electrons. The number of rotatable bonds is 7. The van der Waals surface area contributed by atoms with Crippen molar-refractivity contribution < 1.29 is 9.53 Å². The summed E-state index contributed by atoms with van der Waals surface area (Å²) in [6, 6.07) is 14.1. The minimum Gasteiger partial charge on any atom is -0.484 e. The van der Waals surface area contributed by atoms with E-state index in [-0.39, 0.29) is 12.5 Å². The summed E-state index contributed by atoms with van der Waals surface area (Å²) >= 11 is 1.50. The van der Waals surface area contributed by atoms with Gasteiger partial charge in [0.1, 0.15) is 5.75 Å². The van der Waals surface area contributed by atoms with Gasteiger partial charge in [0.2, 0.25) is 0 Å². The molecule has 1 heterocycles. The number of amides is 1. The lowest BCUT2D eigenvalue weighted by molar-refractivity contribution is -0.118. The highest BCUT2D eigenvalue weighted by Crippen LogP contribution is 2.29. The highest BCUT2D eigenvalue weighted by atomic mass is 32.1. The van der Waals surface area contributed by atoms with Crippen molar-refractivity contribution in [3.05, 3.63) is 53.6 Å². The van der Waals surface area contributed by atoms with Crippen molar-refractivity contribution in [1.29, 1.82) is 0 Å². The molecule has 0 aliphatic rings. The van der Waals surface area contributed by atoms with E-state index in [1.54, 1.807) is 0 Å². The fourth-order valence-electron chi connectivity index (χ4n) is 2.66. The van der Waals surface area contributed by atoms with E-state index in [0.717, 1.165) is 23.1 Å². The van der Waals surface area contributed by atoms with Crippen LogP contribution in [0.3, 0.4) is 0 Å². The maximum atomic E-state index is 12.1. The van der Waals surface area contributed by atoms with Crippen molar-refractivity contribution >= 4 is 32.6 Å². The topological polar surface area (TPSA) is 51.2 Å². The molecule has 26 heavy (non-hydrogen) atoms. The average molecular weight is 369 g/mol. The summed E-state index contributed by atoms with van der Waals surface area (Å²) in [5.74, 6) is 1.01. The molecule has 0 spiro atoms.